The van der Waals surface area contributed by atoms with E-state index in [9.17, 15) is 4.79 Å². The number of carbonyl (C=O) groups is 1. The van der Waals surface area contributed by atoms with Crippen LogP contribution in [0.4, 0.5) is 5.69 Å². The third-order valence-corrected chi connectivity index (χ3v) is 3.33. The summed E-state index contributed by atoms with van der Waals surface area (Å²) in [5.41, 5.74) is 1.56. The fraction of sp³-hybridized carbons (Fsp3) is 0.250. The predicted molar refractivity (Wildman–Crippen MR) is 98.5 cm³/mol. The summed E-state index contributed by atoms with van der Waals surface area (Å²) in [6.45, 7) is 7.81. The average molecular weight is 341 g/mol. The Kier molecular flexibility index (Phi) is 6.46. The van der Waals surface area contributed by atoms with Crippen LogP contribution in [0.2, 0.25) is 0 Å². The van der Waals surface area contributed by atoms with Crippen molar-refractivity contribution < 1.29 is 19.0 Å². The highest BCUT2D eigenvalue weighted by Gasteiger charge is 2.17. The minimum atomic E-state index is -0.684. The Morgan fingerprint density at radius 3 is 2.56 bits per heavy atom. The first-order valence-electron chi connectivity index (χ1n) is 7.97. The van der Waals surface area contributed by atoms with E-state index in [1.807, 2.05) is 31.2 Å². The van der Waals surface area contributed by atoms with Gasteiger partial charge in [0.25, 0.3) is 5.91 Å². The lowest BCUT2D eigenvalue weighted by atomic mass is 10.2. The third kappa shape index (κ3) is 5.57. The zero-order chi connectivity index (χ0) is 18.2. The molecule has 0 spiro atoms. The zero-order valence-corrected chi connectivity index (χ0v) is 14.7. The summed E-state index contributed by atoms with van der Waals surface area (Å²) in [6, 6.07) is 14.4. The Morgan fingerprint density at radius 1 is 1.16 bits per heavy atom. The van der Waals surface area contributed by atoms with Crippen LogP contribution in [-0.2, 0) is 4.79 Å². The van der Waals surface area contributed by atoms with Gasteiger partial charge in [-0.1, -0.05) is 24.8 Å². The number of nitrogens with one attached hydrogen (secondary N) is 1. The first kappa shape index (κ1) is 18.4. The molecular formula is C20H23NO4. The molecule has 0 radical (unpaired) electrons. The van der Waals surface area contributed by atoms with Gasteiger partial charge in [0.15, 0.2) is 17.6 Å². The van der Waals surface area contributed by atoms with Crippen molar-refractivity contribution in [3.8, 4) is 17.2 Å². The van der Waals surface area contributed by atoms with Crippen LogP contribution in [0.3, 0.4) is 0 Å². The molecular weight excluding hydrogens is 318 g/mol. The van der Waals surface area contributed by atoms with E-state index < -0.39 is 6.10 Å². The molecule has 2 aromatic carbocycles. The van der Waals surface area contributed by atoms with Crippen LogP contribution < -0.4 is 19.5 Å². The fourth-order valence-corrected chi connectivity index (χ4v) is 2.07. The van der Waals surface area contributed by atoms with Crippen molar-refractivity contribution in [1.82, 2.24) is 0 Å². The van der Waals surface area contributed by atoms with E-state index in [-0.39, 0.29) is 5.91 Å². The van der Waals surface area contributed by atoms with E-state index in [1.54, 1.807) is 38.3 Å². The molecule has 0 bridgehead atoms. The molecule has 1 unspecified atom stereocenters. The summed E-state index contributed by atoms with van der Waals surface area (Å²) in [4.78, 5) is 12.4. The Labute approximate surface area is 148 Å². The maximum absolute atomic E-state index is 12.4. The summed E-state index contributed by atoms with van der Waals surface area (Å²) in [5.74, 6) is 1.51. The number of hydrogen-bond acceptors (Lipinski definition) is 4. The molecule has 0 aliphatic carbocycles. The molecule has 5 nitrogen and oxygen atoms in total. The SMILES string of the molecule is C=C(C)COc1cccc(NC(=O)C(C)Oc2ccccc2OC)c1. The molecule has 1 N–H and O–H groups in total. The first-order chi connectivity index (χ1) is 12.0. The van der Waals surface area contributed by atoms with Gasteiger partial charge in [0.05, 0.1) is 7.11 Å². The number of anilines is 1. The highest BCUT2D eigenvalue weighted by molar-refractivity contribution is 5.94. The van der Waals surface area contributed by atoms with Crippen molar-refractivity contribution in [3.63, 3.8) is 0 Å². The summed E-state index contributed by atoms with van der Waals surface area (Å²) in [7, 11) is 1.56. The van der Waals surface area contributed by atoms with Crippen molar-refractivity contribution in [2.75, 3.05) is 19.0 Å². The van der Waals surface area contributed by atoms with E-state index >= 15 is 0 Å². The molecule has 2 aromatic rings. The minimum absolute atomic E-state index is 0.261. The van der Waals surface area contributed by atoms with Gasteiger partial charge in [-0.25, -0.2) is 0 Å². The maximum Gasteiger partial charge on any atom is 0.265 e. The highest BCUT2D eigenvalue weighted by atomic mass is 16.5. The molecule has 1 atom stereocenters. The quantitative estimate of drug-likeness (QED) is 0.736. The first-order valence-corrected chi connectivity index (χ1v) is 7.97. The molecule has 5 heteroatoms. The van der Waals surface area contributed by atoms with Gasteiger partial charge in [0, 0.05) is 11.8 Å². The molecule has 0 fully saturated rings. The van der Waals surface area contributed by atoms with Crippen LogP contribution in [0.25, 0.3) is 0 Å². The molecule has 25 heavy (non-hydrogen) atoms. The number of amides is 1. The number of para-hydroxylation sites is 2. The zero-order valence-electron chi connectivity index (χ0n) is 14.7. The number of hydrogen-bond donors (Lipinski definition) is 1. The average Bonchev–Trinajstić information content (AvgIpc) is 2.60. The number of benzene rings is 2. The van der Waals surface area contributed by atoms with E-state index in [0.717, 1.165) is 5.57 Å². The number of ether oxygens (including phenoxy) is 3. The van der Waals surface area contributed by atoms with Crippen LogP contribution in [0, 0.1) is 0 Å². The van der Waals surface area contributed by atoms with Crippen LogP contribution in [-0.4, -0.2) is 25.7 Å². The van der Waals surface area contributed by atoms with Gasteiger partial charge in [-0.2, -0.15) is 0 Å². The third-order valence-electron chi connectivity index (χ3n) is 3.33. The van der Waals surface area contributed by atoms with Crippen LogP contribution >= 0.6 is 0 Å². The van der Waals surface area contributed by atoms with Crippen molar-refractivity contribution in [1.29, 1.82) is 0 Å². The standard InChI is InChI=1S/C20H23NO4/c1-14(2)13-24-17-9-7-8-16(12-17)21-20(22)15(3)25-19-11-6-5-10-18(19)23-4/h5-12,15H,1,13H2,2-4H3,(H,21,22). The molecule has 2 rings (SSSR count). The van der Waals surface area contributed by atoms with E-state index in [2.05, 4.69) is 11.9 Å². The van der Waals surface area contributed by atoms with Gasteiger partial charge in [0.1, 0.15) is 12.4 Å². The van der Waals surface area contributed by atoms with Gasteiger partial charge in [-0.05, 0) is 43.7 Å². The fourth-order valence-electron chi connectivity index (χ4n) is 2.07. The topological polar surface area (TPSA) is 56.8 Å². The lowest BCUT2D eigenvalue weighted by molar-refractivity contribution is -0.122. The van der Waals surface area contributed by atoms with Crippen molar-refractivity contribution in [3.05, 3.63) is 60.7 Å². The Balaban J connectivity index is 1.99. The molecule has 0 aliphatic heterocycles. The second-order valence-electron chi connectivity index (χ2n) is 5.67. The highest BCUT2D eigenvalue weighted by Crippen LogP contribution is 2.27. The van der Waals surface area contributed by atoms with E-state index in [1.165, 1.54) is 0 Å². The molecule has 0 saturated heterocycles. The smallest absolute Gasteiger partial charge is 0.265 e. The predicted octanol–water partition coefficient (Wildman–Crippen LogP) is 4.06. The van der Waals surface area contributed by atoms with Crippen molar-refractivity contribution >= 4 is 11.6 Å². The lowest BCUT2D eigenvalue weighted by Crippen LogP contribution is -2.30. The summed E-state index contributed by atoms with van der Waals surface area (Å²) in [6.07, 6.45) is -0.684. The van der Waals surface area contributed by atoms with Gasteiger partial charge < -0.3 is 19.5 Å². The molecule has 0 heterocycles. The summed E-state index contributed by atoms with van der Waals surface area (Å²) >= 11 is 0. The second kappa shape index (κ2) is 8.78. The van der Waals surface area contributed by atoms with Crippen LogP contribution in [0.15, 0.2) is 60.7 Å². The Morgan fingerprint density at radius 2 is 1.88 bits per heavy atom. The van der Waals surface area contributed by atoms with E-state index in [4.69, 9.17) is 14.2 Å². The van der Waals surface area contributed by atoms with Gasteiger partial charge in [0.2, 0.25) is 0 Å². The largest absolute Gasteiger partial charge is 0.493 e. The van der Waals surface area contributed by atoms with Crippen molar-refractivity contribution in [2.24, 2.45) is 0 Å². The van der Waals surface area contributed by atoms with Crippen molar-refractivity contribution in [2.45, 2.75) is 20.0 Å². The minimum Gasteiger partial charge on any atom is -0.493 e. The monoisotopic (exact) mass is 341 g/mol. The normalized spacial score (nSPS) is 11.3. The second-order valence-corrected chi connectivity index (χ2v) is 5.67. The van der Waals surface area contributed by atoms with Gasteiger partial charge in [-0.15, -0.1) is 0 Å². The van der Waals surface area contributed by atoms with Gasteiger partial charge >= 0.3 is 0 Å². The lowest BCUT2D eigenvalue weighted by Gasteiger charge is -2.17. The maximum atomic E-state index is 12.4. The van der Waals surface area contributed by atoms with Crippen LogP contribution in [0.1, 0.15) is 13.8 Å². The molecule has 1 amide bonds. The van der Waals surface area contributed by atoms with Gasteiger partial charge in [-0.3, -0.25) is 4.79 Å². The van der Waals surface area contributed by atoms with E-state index in [0.29, 0.717) is 29.5 Å². The molecule has 132 valence electrons. The summed E-state index contributed by atoms with van der Waals surface area (Å²) < 4.78 is 16.5. The number of rotatable bonds is 8. The number of carbonyl (C=O) groups excluding carboxylic acids is 1. The Bertz CT molecular complexity index is 742. The Hall–Kier alpha value is -2.95. The molecule has 0 saturated carbocycles. The number of methoxy groups -OCH3 is 1. The summed E-state index contributed by atoms with van der Waals surface area (Å²) in [5, 5.41) is 2.82. The van der Waals surface area contributed by atoms with Crippen LogP contribution in [0.5, 0.6) is 17.2 Å². The molecule has 0 aromatic heterocycles. The molecule has 0 aliphatic rings.